The van der Waals surface area contributed by atoms with Gasteiger partial charge in [-0.05, 0) is 35.9 Å². The molecule has 0 fully saturated rings. The molecule has 0 unspecified atom stereocenters. The maximum atomic E-state index is 11.7. The summed E-state index contributed by atoms with van der Waals surface area (Å²) in [6.07, 6.45) is 2.92. The van der Waals surface area contributed by atoms with Gasteiger partial charge in [-0.3, -0.25) is 14.9 Å². The number of nitro groups is 1. The molecular formula is C17H15ClN2O3S. The molecule has 0 saturated carbocycles. The van der Waals surface area contributed by atoms with E-state index in [-0.39, 0.29) is 11.6 Å². The lowest BCUT2D eigenvalue weighted by Gasteiger charge is -2.03. The Balaban J connectivity index is 1.75. The first-order valence-corrected chi connectivity index (χ1v) is 8.50. The van der Waals surface area contributed by atoms with E-state index in [9.17, 15) is 14.9 Å². The minimum atomic E-state index is -0.467. The molecule has 124 valence electrons. The van der Waals surface area contributed by atoms with Crippen LogP contribution in [0.1, 0.15) is 5.56 Å². The van der Waals surface area contributed by atoms with Gasteiger partial charge in [0.05, 0.1) is 4.92 Å². The van der Waals surface area contributed by atoms with E-state index >= 15 is 0 Å². The van der Waals surface area contributed by atoms with Gasteiger partial charge in [-0.2, -0.15) is 0 Å². The zero-order valence-corrected chi connectivity index (χ0v) is 14.2. The van der Waals surface area contributed by atoms with Gasteiger partial charge in [0.1, 0.15) is 0 Å². The van der Waals surface area contributed by atoms with Gasteiger partial charge < -0.3 is 5.32 Å². The number of benzene rings is 2. The third-order valence-electron chi connectivity index (χ3n) is 2.99. The zero-order chi connectivity index (χ0) is 17.4. The van der Waals surface area contributed by atoms with E-state index in [1.165, 1.54) is 18.2 Å². The summed E-state index contributed by atoms with van der Waals surface area (Å²) in [5.41, 5.74) is 0.604. The molecule has 0 aliphatic carbocycles. The topological polar surface area (TPSA) is 72.2 Å². The van der Waals surface area contributed by atoms with Crippen LogP contribution in [0.3, 0.4) is 0 Å². The number of hydrogen-bond acceptors (Lipinski definition) is 4. The second kappa shape index (κ2) is 9.10. The fourth-order valence-electron chi connectivity index (χ4n) is 1.85. The second-order valence-electron chi connectivity index (χ2n) is 4.78. The van der Waals surface area contributed by atoms with Crippen molar-refractivity contribution in [3.05, 3.63) is 75.3 Å². The number of nitrogens with zero attached hydrogens (tertiary/aromatic N) is 1. The lowest BCUT2D eigenvalue weighted by molar-refractivity contribution is -0.384. The number of carbonyl (C=O) groups is 1. The molecule has 0 heterocycles. The van der Waals surface area contributed by atoms with Crippen LogP contribution in [0.2, 0.25) is 5.02 Å². The third-order valence-corrected chi connectivity index (χ3v) is 4.26. The van der Waals surface area contributed by atoms with Crippen LogP contribution in [0.4, 0.5) is 5.69 Å². The average molecular weight is 363 g/mol. The van der Waals surface area contributed by atoms with Crippen molar-refractivity contribution < 1.29 is 9.72 Å². The maximum Gasteiger partial charge on any atom is 0.270 e. The summed E-state index contributed by atoms with van der Waals surface area (Å²) in [7, 11) is 0. The summed E-state index contributed by atoms with van der Waals surface area (Å²) in [5.74, 6) is 0.496. The molecule has 1 N–H and O–H groups in total. The van der Waals surface area contributed by atoms with Gasteiger partial charge in [0.15, 0.2) is 0 Å². The number of halogens is 1. The van der Waals surface area contributed by atoms with Gasteiger partial charge in [0.2, 0.25) is 5.91 Å². The monoisotopic (exact) mass is 362 g/mol. The first kappa shape index (κ1) is 18.0. The summed E-state index contributed by atoms with van der Waals surface area (Å²) in [5, 5.41) is 14.2. The standard InChI is InChI=1S/C17H15ClN2O3S/c18-14-5-7-16(8-6-14)24-11-10-19-17(21)9-4-13-2-1-3-15(12-13)20(22)23/h1-9,12H,10-11H2,(H,19,21)/b9-4+. The Morgan fingerprint density at radius 3 is 2.71 bits per heavy atom. The molecule has 0 atom stereocenters. The van der Waals surface area contributed by atoms with Crippen LogP contribution < -0.4 is 5.32 Å². The van der Waals surface area contributed by atoms with Gasteiger partial charge in [-0.15, -0.1) is 11.8 Å². The molecule has 0 bridgehead atoms. The lowest BCUT2D eigenvalue weighted by atomic mass is 10.2. The van der Waals surface area contributed by atoms with Crippen molar-refractivity contribution in [2.45, 2.75) is 4.90 Å². The number of hydrogen-bond donors (Lipinski definition) is 1. The molecule has 5 nitrogen and oxygen atoms in total. The van der Waals surface area contributed by atoms with Crippen LogP contribution >= 0.6 is 23.4 Å². The Hall–Kier alpha value is -2.31. The molecule has 0 aromatic heterocycles. The molecule has 0 aliphatic heterocycles. The van der Waals surface area contributed by atoms with Gasteiger partial charge in [0, 0.05) is 40.4 Å². The highest BCUT2D eigenvalue weighted by Gasteiger charge is 2.04. The van der Waals surface area contributed by atoms with Gasteiger partial charge in [-0.25, -0.2) is 0 Å². The molecule has 1 amide bonds. The van der Waals surface area contributed by atoms with E-state index in [2.05, 4.69) is 5.32 Å². The number of non-ortho nitro benzene ring substituents is 1. The van der Waals surface area contributed by atoms with Crippen LogP contribution in [0.25, 0.3) is 6.08 Å². The Morgan fingerprint density at radius 2 is 2.00 bits per heavy atom. The van der Waals surface area contributed by atoms with Crippen LogP contribution in [0.15, 0.2) is 59.5 Å². The molecule has 24 heavy (non-hydrogen) atoms. The van der Waals surface area contributed by atoms with E-state index in [4.69, 9.17) is 11.6 Å². The third kappa shape index (κ3) is 6.06. The predicted octanol–water partition coefficient (Wildman–Crippen LogP) is 4.17. The molecule has 0 aliphatic rings. The molecule has 0 saturated heterocycles. The van der Waals surface area contributed by atoms with Crippen molar-refractivity contribution in [3.8, 4) is 0 Å². The number of rotatable bonds is 7. The summed E-state index contributed by atoms with van der Waals surface area (Å²) in [4.78, 5) is 23.0. The van der Waals surface area contributed by atoms with Crippen molar-refractivity contribution in [2.75, 3.05) is 12.3 Å². The highest BCUT2D eigenvalue weighted by molar-refractivity contribution is 7.99. The molecule has 7 heteroatoms. The summed E-state index contributed by atoms with van der Waals surface area (Å²) in [6.45, 7) is 0.519. The largest absolute Gasteiger partial charge is 0.352 e. The Kier molecular flexibility index (Phi) is 6.84. The van der Waals surface area contributed by atoms with Crippen LogP contribution in [-0.2, 0) is 4.79 Å². The highest BCUT2D eigenvalue weighted by atomic mass is 35.5. The van der Waals surface area contributed by atoms with Crippen LogP contribution in [0, 0.1) is 10.1 Å². The van der Waals surface area contributed by atoms with E-state index in [1.54, 1.807) is 30.0 Å². The van der Waals surface area contributed by atoms with E-state index in [0.29, 0.717) is 17.1 Å². The fourth-order valence-corrected chi connectivity index (χ4v) is 2.74. The van der Waals surface area contributed by atoms with E-state index < -0.39 is 4.92 Å². The quantitative estimate of drug-likeness (QED) is 0.264. The summed E-state index contributed by atoms with van der Waals surface area (Å²) >= 11 is 7.43. The average Bonchev–Trinajstić information content (AvgIpc) is 2.58. The van der Waals surface area contributed by atoms with E-state index in [0.717, 1.165) is 10.6 Å². The lowest BCUT2D eigenvalue weighted by Crippen LogP contribution is -2.23. The molecule has 2 rings (SSSR count). The van der Waals surface area contributed by atoms with Crippen LogP contribution in [0.5, 0.6) is 0 Å². The van der Waals surface area contributed by atoms with E-state index in [1.807, 2.05) is 24.3 Å². The number of amides is 1. The normalized spacial score (nSPS) is 10.7. The van der Waals surface area contributed by atoms with Crippen molar-refractivity contribution in [2.24, 2.45) is 0 Å². The smallest absolute Gasteiger partial charge is 0.270 e. The molecule has 2 aromatic rings. The zero-order valence-electron chi connectivity index (χ0n) is 12.6. The number of thioether (sulfide) groups is 1. The van der Waals surface area contributed by atoms with Gasteiger partial charge in [-0.1, -0.05) is 23.7 Å². The SMILES string of the molecule is O=C(/C=C/c1cccc([N+](=O)[O-])c1)NCCSc1ccc(Cl)cc1. The molecule has 0 radical (unpaired) electrons. The van der Waals surface area contributed by atoms with Gasteiger partial charge >= 0.3 is 0 Å². The molecular weight excluding hydrogens is 348 g/mol. The molecule has 0 spiro atoms. The number of carbonyl (C=O) groups excluding carboxylic acids is 1. The predicted molar refractivity (Wildman–Crippen MR) is 97.3 cm³/mol. The molecule has 2 aromatic carbocycles. The van der Waals surface area contributed by atoms with Crippen molar-refractivity contribution in [1.29, 1.82) is 0 Å². The minimum absolute atomic E-state index is 0.00285. The van der Waals surface area contributed by atoms with Crippen molar-refractivity contribution in [1.82, 2.24) is 5.32 Å². The summed E-state index contributed by atoms with van der Waals surface area (Å²) in [6, 6.07) is 13.6. The Labute approximate surface area is 148 Å². The highest BCUT2D eigenvalue weighted by Crippen LogP contribution is 2.19. The number of nitro benzene ring substituents is 1. The maximum absolute atomic E-state index is 11.7. The Bertz CT molecular complexity index is 748. The minimum Gasteiger partial charge on any atom is -0.352 e. The second-order valence-corrected chi connectivity index (χ2v) is 6.38. The summed E-state index contributed by atoms with van der Waals surface area (Å²) < 4.78 is 0. The first-order valence-electron chi connectivity index (χ1n) is 7.13. The Morgan fingerprint density at radius 1 is 1.25 bits per heavy atom. The first-order chi connectivity index (χ1) is 11.5. The van der Waals surface area contributed by atoms with Gasteiger partial charge in [0.25, 0.3) is 5.69 Å². The fraction of sp³-hybridized carbons (Fsp3) is 0.118. The number of nitrogens with one attached hydrogen (secondary N) is 1. The van der Waals surface area contributed by atoms with Crippen molar-refractivity contribution >= 4 is 41.0 Å². The van der Waals surface area contributed by atoms with Crippen LogP contribution in [-0.4, -0.2) is 23.1 Å². The van der Waals surface area contributed by atoms with Crippen molar-refractivity contribution in [3.63, 3.8) is 0 Å².